The van der Waals surface area contributed by atoms with E-state index in [0.29, 0.717) is 6.42 Å². The first kappa shape index (κ1) is 27.9. The van der Waals surface area contributed by atoms with Gasteiger partial charge in [-0.05, 0) is 74.8 Å². The normalized spacial score (nSPS) is 12.7. The average Bonchev–Trinajstić information content (AvgIpc) is 3.09. The van der Waals surface area contributed by atoms with Crippen LogP contribution in [0.1, 0.15) is 68.7 Å². The predicted molar refractivity (Wildman–Crippen MR) is 123 cm³/mol. The molecule has 0 aliphatic carbocycles. The van der Waals surface area contributed by atoms with E-state index < -0.39 is 35.1 Å². The number of nitrogens with one attached hydrogen (secondary N) is 1. The Bertz CT molecular complexity index is 829. The monoisotopic (exact) mass is 467 g/mol. The Morgan fingerprint density at radius 2 is 1.52 bits per heavy atom. The molecule has 0 aliphatic heterocycles. The second-order valence-corrected chi connectivity index (χ2v) is 10.3. The van der Waals surface area contributed by atoms with Gasteiger partial charge in [0.25, 0.3) is 0 Å². The lowest BCUT2D eigenvalue weighted by molar-refractivity contribution is 0.0360. The first-order valence-corrected chi connectivity index (χ1v) is 10.8. The van der Waals surface area contributed by atoms with Crippen molar-refractivity contribution in [1.82, 2.24) is 20.0 Å². The molecule has 1 heterocycles. The molecule has 0 saturated carbocycles. The highest BCUT2D eigenvalue weighted by molar-refractivity contribution is 5.99. The highest BCUT2D eigenvalue weighted by atomic mass is 16.6. The molecule has 0 spiro atoms. The molecule has 1 aromatic heterocycles. The van der Waals surface area contributed by atoms with Gasteiger partial charge in [-0.15, -0.1) is 4.99 Å². The molecule has 1 rings (SSSR count). The Labute approximate surface area is 195 Å². The van der Waals surface area contributed by atoms with Gasteiger partial charge in [0, 0.05) is 25.5 Å². The molecule has 0 bridgehead atoms. The fourth-order valence-electron chi connectivity index (χ4n) is 2.32. The summed E-state index contributed by atoms with van der Waals surface area (Å²) in [5.41, 5.74) is -2.19. The molecule has 1 N–H and O–H groups in total. The van der Waals surface area contributed by atoms with Crippen LogP contribution in [0.25, 0.3) is 0 Å². The summed E-state index contributed by atoms with van der Waals surface area (Å²) in [4.78, 5) is 42.5. The van der Waals surface area contributed by atoms with E-state index in [2.05, 4.69) is 15.4 Å². The topological polar surface area (TPSA) is 124 Å². The fourth-order valence-corrected chi connectivity index (χ4v) is 2.32. The third-order valence-corrected chi connectivity index (χ3v) is 3.38. The van der Waals surface area contributed by atoms with Crippen LogP contribution in [0.2, 0.25) is 0 Å². The van der Waals surface area contributed by atoms with Crippen molar-refractivity contribution >= 4 is 24.2 Å². The van der Waals surface area contributed by atoms with Crippen LogP contribution in [-0.4, -0.2) is 68.8 Å². The van der Waals surface area contributed by atoms with Gasteiger partial charge in [-0.3, -0.25) is 0 Å². The lowest BCUT2D eigenvalue weighted by Crippen LogP contribution is -2.46. The first-order valence-electron chi connectivity index (χ1n) is 10.8. The highest BCUT2D eigenvalue weighted by Gasteiger charge is 2.29. The van der Waals surface area contributed by atoms with Crippen molar-refractivity contribution in [2.45, 2.75) is 85.5 Å². The molecule has 0 aliphatic rings. The molecular weight excluding hydrogens is 430 g/mol. The molecular formula is C22H37N5O6. The first-order chi connectivity index (χ1) is 15.0. The summed E-state index contributed by atoms with van der Waals surface area (Å²) in [7, 11) is 0. The van der Waals surface area contributed by atoms with Crippen molar-refractivity contribution in [2.75, 3.05) is 13.1 Å². The molecule has 11 nitrogen and oxygen atoms in total. The molecule has 0 aromatic carbocycles. The minimum atomic E-state index is -0.881. The second-order valence-electron chi connectivity index (χ2n) is 10.3. The fraction of sp³-hybridized carbons (Fsp3) is 0.682. The van der Waals surface area contributed by atoms with E-state index in [0.717, 1.165) is 0 Å². The summed E-state index contributed by atoms with van der Waals surface area (Å²) in [6.07, 6.45) is 1.18. The van der Waals surface area contributed by atoms with Crippen LogP contribution in [0, 0.1) is 0 Å². The van der Waals surface area contributed by atoms with Crippen molar-refractivity contribution < 1.29 is 28.6 Å². The Hall–Kier alpha value is -3.11. The smallest absolute Gasteiger partial charge is 0.437 e. The van der Waals surface area contributed by atoms with Gasteiger partial charge in [0.1, 0.15) is 16.8 Å². The van der Waals surface area contributed by atoms with Gasteiger partial charge in [-0.1, -0.05) is 0 Å². The van der Waals surface area contributed by atoms with E-state index in [1.54, 1.807) is 74.6 Å². The minimum Gasteiger partial charge on any atom is -0.444 e. The van der Waals surface area contributed by atoms with Crippen molar-refractivity contribution in [1.29, 1.82) is 0 Å². The SMILES string of the molecule is CC(C)(C)OC(=O)/N=C(/N(CCCNC(=O)OC(C)(C)C)C(=O)OC(C)(C)C)n1cccn1. The molecule has 11 heteroatoms. The van der Waals surface area contributed by atoms with E-state index in [-0.39, 0.29) is 19.0 Å². The zero-order valence-corrected chi connectivity index (χ0v) is 21.1. The lowest BCUT2D eigenvalue weighted by atomic mass is 10.2. The maximum atomic E-state index is 13.0. The van der Waals surface area contributed by atoms with Crippen LogP contribution < -0.4 is 5.32 Å². The van der Waals surface area contributed by atoms with Gasteiger partial charge in [-0.25, -0.2) is 24.0 Å². The number of rotatable bonds is 4. The largest absolute Gasteiger partial charge is 0.444 e. The number of carbonyl (C=O) groups excluding carboxylic acids is 3. The van der Waals surface area contributed by atoms with Crippen LogP contribution in [-0.2, 0) is 14.2 Å². The Kier molecular flexibility index (Phi) is 9.44. The van der Waals surface area contributed by atoms with Crippen LogP contribution in [0.3, 0.4) is 0 Å². The van der Waals surface area contributed by atoms with E-state index >= 15 is 0 Å². The van der Waals surface area contributed by atoms with E-state index in [1.165, 1.54) is 15.8 Å². The summed E-state index contributed by atoms with van der Waals surface area (Å²) in [6, 6.07) is 1.63. The molecule has 0 fully saturated rings. The van der Waals surface area contributed by atoms with E-state index in [4.69, 9.17) is 14.2 Å². The van der Waals surface area contributed by atoms with E-state index in [9.17, 15) is 14.4 Å². The van der Waals surface area contributed by atoms with Crippen molar-refractivity contribution in [3.63, 3.8) is 0 Å². The zero-order chi connectivity index (χ0) is 25.4. The summed E-state index contributed by atoms with van der Waals surface area (Å²) in [5, 5.41) is 6.73. The molecule has 33 heavy (non-hydrogen) atoms. The number of aromatic nitrogens is 2. The number of amides is 3. The molecule has 186 valence electrons. The number of nitrogens with zero attached hydrogens (tertiary/aromatic N) is 4. The maximum absolute atomic E-state index is 13.0. The minimum absolute atomic E-state index is 0.0756. The molecule has 1 aromatic rings. The number of carbonyl (C=O) groups is 3. The van der Waals surface area contributed by atoms with Gasteiger partial charge in [0.2, 0.25) is 5.96 Å². The Morgan fingerprint density at radius 1 is 0.939 bits per heavy atom. The van der Waals surface area contributed by atoms with Gasteiger partial charge in [-0.2, -0.15) is 5.10 Å². The van der Waals surface area contributed by atoms with E-state index in [1.807, 2.05) is 0 Å². The molecule has 0 radical (unpaired) electrons. The number of hydrogen-bond donors (Lipinski definition) is 1. The van der Waals surface area contributed by atoms with Crippen LogP contribution in [0.15, 0.2) is 23.5 Å². The number of hydrogen-bond acceptors (Lipinski definition) is 7. The summed E-state index contributed by atoms with van der Waals surface area (Å²) >= 11 is 0. The quantitative estimate of drug-likeness (QED) is 0.305. The van der Waals surface area contributed by atoms with Crippen LogP contribution in [0.4, 0.5) is 14.4 Å². The molecule has 0 atom stereocenters. The number of ether oxygens (including phenoxy) is 3. The van der Waals surface area contributed by atoms with Gasteiger partial charge in [0.05, 0.1) is 0 Å². The van der Waals surface area contributed by atoms with Crippen LogP contribution in [0.5, 0.6) is 0 Å². The molecule has 3 amide bonds. The zero-order valence-electron chi connectivity index (χ0n) is 21.1. The average molecular weight is 468 g/mol. The lowest BCUT2D eigenvalue weighted by Gasteiger charge is -2.28. The van der Waals surface area contributed by atoms with Gasteiger partial charge < -0.3 is 19.5 Å². The maximum Gasteiger partial charge on any atom is 0.437 e. The van der Waals surface area contributed by atoms with Crippen molar-refractivity contribution in [2.24, 2.45) is 4.99 Å². The van der Waals surface area contributed by atoms with Gasteiger partial charge in [0.15, 0.2) is 0 Å². The van der Waals surface area contributed by atoms with Crippen molar-refractivity contribution in [3.8, 4) is 0 Å². The number of alkyl carbamates (subject to hydrolysis) is 1. The van der Waals surface area contributed by atoms with Crippen molar-refractivity contribution in [3.05, 3.63) is 18.5 Å². The molecule has 0 unspecified atom stereocenters. The second kappa shape index (κ2) is 11.2. The van der Waals surface area contributed by atoms with Crippen LogP contribution >= 0.6 is 0 Å². The standard InChI is InChI=1S/C22H37N5O6/c1-20(2,3)31-17(28)23-12-10-14-26(19(30)33-22(7,8)9)16(27-15-11-13-24-27)25-18(29)32-21(4,5)6/h11,13,15H,10,12,14H2,1-9H3,(H,23,28)/b25-16-. The highest BCUT2D eigenvalue weighted by Crippen LogP contribution is 2.13. The third-order valence-electron chi connectivity index (χ3n) is 3.38. The molecule has 0 saturated heterocycles. The number of aliphatic imine (C=N–C) groups is 1. The summed E-state index contributed by atoms with van der Waals surface area (Å²) < 4.78 is 17.3. The summed E-state index contributed by atoms with van der Waals surface area (Å²) in [6.45, 7) is 15.9. The predicted octanol–water partition coefficient (Wildman–Crippen LogP) is 4.17. The Balaban J connectivity index is 3.11. The third kappa shape index (κ3) is 11.9. The Morgan fingerprint density at radius 3 is 2.00 bits per heavy atom. The summed E-state index contributed by atoms with van der Waals surface area (Å²) in [5.74, 6) is -0.0826. The van der Waals surface area contributed by atoms with Gasteiger partial charge >= 0.3 is 18.3 Å².